The lowest BCUT2D eigenvalue weighted by Gasteiger charge is -2.23. The smallest absolute Gasteiger partial charge is 0.407 e. The summed E-state index contributed by atoms with van der Waals surface area (Å²) in [5.74, 6) is -0.0464. The van der Waals surface area contributed by atoms with E-state index in [-0.39, 0.29) is 61.9 Å². The second-order valence-electron chi connectivity index (χ2n) is 13.0. The summed E-state index contributed by atoms with van der Waals surface area (Å²) in [6.45, 7) is 0.455. The molecular formula is C38H34Cl2N6O7. The van der Waals surface area contributed by atoms with Gasteiger partial charge in [-0.1, -0.05) is 59.6 Å². The number of aromatic nitrogens is 3. The topological polar surface area (TPSA) is 167 Å². The number of carbonyl (C=O) groups excluding carboxylic acids is 2. The van der Waals surface area contributed by atoms with Crippen molar-refractivity contribution in [3.63, 3.8) is 0 Å². The maximum Gasteiger partial charge on any atom is 0.407 e. The van der Waals surface area contributed by atoms with Crippen LogP contribution < -0.4 is 15.6 Å². The molecule has 2 aliphatic heterocycles. The van der Waals surface area contributed by atoms with Gasteiger partial charge in [-0.3, -0.25) is 18.8 Å². The molecule has 2 aromatic carbocycles. The zero-order valence-corrected chi connectivity index (χ0v) is 30.0. The van der Waals surface area contributed by atoms with E-state index in [0.717, 1.165) is 0 Å². The molecule has 0 saturated carbocycles. The number of ether oxygens (including phenoxy) is 1. The molecule has 272 valence electrons. The van der Waals surface area contributed by atoms with Crippen LogP contribution in [-0.4, -0.2) is 84.6 Å². The molecule has 0 bridgehead atoms. The molecule has 3 aromatic heterocycles. The Morgan fingerprint density at radius 2 is 1.70 bits per heavy atom. The van der Waals surface area contributed by atoms with Crippen LogP contribution in [0.4, 0.5) is 4.79 Å². The summed E-state index contributed by atoms with van der Waals surface area (Å²) < 4.78 is 6.99. The van der Waals surface area contributed by atoms with E-state index in [1.165, 1.54) is 27.4 Å². The van der Waals surface area contributed by atoms with Crippen LogP contribution >= 0.6 is 23.2 Å². The number of carbonyl (C=O) groups is 3. The summed E-state index contributed by atoms with van der Waals surface area (Å²) in [6, 6.07) is 19.2. The Hall–Kier alpha value is -5.50. The number of nitrogens with one attached hydrogen (secondary N) is 1. The summed E-state index contributed by atoms with van der Waals surface area (Å²) >= 11 is 14.2. The molecule has 0 aliphatic carbocycles. The lowest BCUT2D eigenvalue weighted by Crippen LogP contribution is -2.41. The number of pyridine rings is 2. The van der Waals surface area contributed by atoms with Crippen LogP contribution in [0.15, 0.2) is 77.7 Å². The van der Waals surface area contributed by atoms with Gasteiger partial charge in [-0.2, -0.15) is 0 Å². The minimum absolute atomic E-state index is 0.0107. The average Bonchev–Trinajstić information content (AvgIpc) is 3.69. The quantitative estimate of drug-likeness (QED) is 0.172. The molecule has 3 N–H and O–H groups in total. The maximum atomic E-state index is 12.9. The Kier molecular flexibility index (Phi) is 10.1. The summed E-state index contributed by atoms with van der Waals surface area (Å²) in [7, 11) is 1.46. The van der Waals surface area contributed by atoms with Crippen molar-refractivity contribution in [2.75, 3.05) is 20.2 Å². The van der Waals surface area contributed by atoms with Crippen LogP contribution in [0.1, 0.15) is 30.5 Å². The van der Waals surface area contributed by atoms with Gasteiger partial charge in [-0.05, 0) is 36.2 Å². The third kappa shape index (κ3) is 7.41. The minimum atomic E-state index is -1.12. The van der Waals surface area contributed by atoms with Gasteiger partial charge in [0.1, 0.15) is 5.65 Å². The van der Waals surface area contributed by atoms with Gasteiger partial charge in [0.15, 0.2) is 0 Å². The second kappa shape index (κ2) is 14.9. The Bertz CT molecular complexity index is 2330. The van der Waals surface area contributed by atoms with Crippen molar-refractivity contribution in [2.45, 2.75) is 44.5 Å². The predicted octanol–water partition coefficient (Wildman–Crippen LogP) is 5.26. The molecular weight excluding hydrogens is 723 g/mol. The molecule has 0 spiro atoms. The zero-order valence-electron chi connectivity index (χ0n) is 28.5. The third-order valence-corrected chi connectivity index (χ3v) is 10.2. The Morgan fingerprint density at radius 1 is 0.981 bits per heavy atom. The molecule has 5 aromatic rings. The van der Waals surface area contributed by atoms with E-state index in [1.54, 1.807) is 30.5 Å². The Morgan fingerprint density at radius 3 is 2.36 bits per heavy atom. The first kappa shape index (κ1) is 35.9. The maximum absolute atomic E-state index is 12.9. The summed E-state index contributed by atoms with van der Waals surface area (Å²) in [5, 5.41) is 23.3. The number of aliphatic hydroxyl groups excluding tert-OH is 1. The molecule has 7 rings (SSSR count). The van der Waals surface area contributed by atoms with Crippen molar-refractivity contribution in [3.05, 3.63) is 105 Å². The monoisotopic (exact) mass is 756 g/mol. The number of fused-ring (bicyclic) bond motifs is 1. The van der Waals surface area contributed by atoms with Crippen LogP contribution in [0.3, 0.4) is 0 Å². The highest BCUT2D eigenvalue weighted by Crippen LogP contribution is 2.42. The highest BCUT2D eigenvalue weighted by molar-refractivity contribution is 6.39. The third-order valence-electron chi connectivity index (χ3n) is 9.43. The van der Waals surface area contributed by atoms with Crippen molar-refractivity contribution in [1.29, 1.82) is 0 Å². The molecule has 2 saturated heterocycles. The number of carboxylic acid groups (broad SMARTS) is 1. The standard InChI is InChI=1S/C38H34Cl2N6O7/c1-53-37-22(17-45(38(51)52)18-23-9-11-32(48)42-23)8-10-30(43-37)29-7-3-6-28(36(29)40)27-5-2-4-26(35(27)39)21-12-13-46-31(14-21)41-24(15-34(46)50)19-44-20-25(47)16-33(44)49/h2-8,10,12-15,23,25,47H,9,11,16-20H2,1H3,(H,42,48)(H,51,52)/t23-,25-/m0/s1. The predicted molar refractivity (Wildman–Crippen MR) is 198 cm³/mol. The van der Waals surface area contributed by atoms with E-state index in [1.807, 2.05) is 36.4 Å². The van der Waals surface area contributed by atoms with Crippen LogP contribution in [-0.2, 0) is 22.7 Å². The molecule has 15 heteroatoms. The number of β-amino-alcohol motifs (C(OH)–C–C–N with tert-alkyl or cyclic N) is 1. The van der Waals surface area contributed by atoms with E-state index in [2.05, 4.69) is 15.3 Å². The van der Waals surface area contributed by atoms with Gasteiger partial charge < -0.3 is 30.1 Å². The van der Waals surface area contributed by atoms with Crippen LogP contribution in [0.25, 0.3) is 39.2 Å². The molecule has 0 unspecified atom stereocenters. The Labute approximate surface area is 313 Å². The second-order valence-corrected chi connectivity index (χ2v) is 13.8. The lowest BCUT2D eigenvalue weighted by atomic mass is 9.97. The molecule has 2 atom stereocenters. The van der Waals surface area contributed by atoms with E-state index in [4.69, 9.17) is 27.9 Å². The van der Waals surface area contributed by atoms with Gasteiger partial charge in [-0.25, -0.2) is 14.8 Å². The Balaban J connectivity index is 1.17. The summed E-state index contributed by atoms with van der Waals surface area (Å²) in [4.78, 5) is 60.9. The highest BCUT2D eigenvalue weighted by atomic mass is 35.5. The average molecular weight is 758 g/mol. The first-order chi connectivity index (χ1) is 25.5. The van der Waals surface area contributed by atoms with Crippen molar-refractivity contribution in [1.82, 2.24) is 29.5 Å². The normalized spacial score (nSPS) is 17.0. The van der Waals surface area contributed by atoms with E-state index in [9.17, 15) is 29.4 Å². The lowest BCUT2D eigenvalue weighted by molar-refractivity contribution is -0.128. The van der Waals surface area contributed by atoms with Gasteiger partial charge in [0, 0.05) is 65.6 Å². The molecule has 2 aliphatic rings. The molecule has 0 radical (unpaired) electrons. The fourth-order valence-electron chi connectivity index (χ4n) is 6.81. The number of rotatable bonds is 10. The number of aliphatic hydroxyl groups is 1. The number of nitrogens with zero attached hydrogens (tertiary/aromatic N) is 5. The fourth-order valence-corrected chi connectivity index (χ4v) is 7.47. The number of hydrogen-bond donors (Lipinski definition) is 3. The van der Waals surface area contributed by atoms with Gasteiger partial charge in [0.2, 0.25) is 17.7 Å². The van der Waals surface area contributed by atoms with Crippen molar-refractivity contribution in [2.24, 2.45) is 0 Å². The molecule has 5 heterocycles. The zero-order chi connectivity index (χ0) is 37.4. The largest absolute Gasteiger partial charge is 0.481 e. The SMILES string of the molecule is COc1nc(-c2cccc(-c3cccc(-c4ccn5c(=O)cc(CN6C[C@@H](O)CC6=O)nc5c4)c3Cl)c2Cl)ccc1CN(C[C@@H]1CCC(=O)N1)C(=O)O. The van der Waals surface area contributed by atoms with Gasteiger partial charge in [0.25, 0.3) is 5.56 Å². The first-order valence-electron chi connectivity index (χ1n) is 16.9. The molecule has 2 fully saturated rings. The summed E-state index contributed by atoms with van der Waals surface area (Å²) in [6.07, 6.45) is 0.747. The van der Waals surface area contributed by atoms with Crippen LogP contribution in [0.2, 0.25) is 10.0 Å². The minimum Gasteiger partial charge on any atom is -0.481 e. The number of halogens is 2. The molecule has 3 amide bonds. The number of likely N-dealkylation sites (tertiary alicyclic amines) is 1. The van der Waals surface area contributed by atoms with E-state index >= 15 is 0 Å². The molecule has 13 nitrogen and oxygen atoms in total. The van der Waals surface area contributed by atoms with Crippen LogP contribution in [0.5, 0.6) is 5.88 Å². The van der Waals surface area contributed by atoms with Crippen molar-refractivity contribution < 1.29 is 29.3 Å². The number of benzene rings is 2. The van der Waals surface area contributed by atoms with Gasteiger partial charge in [0.05, 0.1) is 54.2 Å². The number of methoxy groups -OCH3 is 1. The van der Waals surface area contributed by atoms with Crippen molar-refractivity contribution in [3.8, 4) is 39.4 Å². The summed E-state index contributed by atoms with van der Waals surface area (Å²) in [5.41, 5.74) is 4.81. The van der Waals surface area contributed by atoms with E-state index < -0.39 is 12.2 Å². The van der Waals surface area contributed by atoms with E-state index in [0.29, 0.717) is 73.3 Å². The number of amides is 3. The van der Waals surface area contributed by atoms with Gasteiger partial charge >= 0.3 is 6.09 Å². The van der Waals surface area contributed by atoms with Crippen LogP contribution in [0, 0.1) is 0 Å². The first-order valence-corrected chi connectivity index (χ1v) is 17.6. The molecule has 53 heavy (non-hydrogen) atoms. The number of hydrogen-bond acceptors (Lipinski definition) is 8. The highest BCUT2D eigenvalue weighted by Gasteiger charge is 2.29. The van der Waals surface area contributed by atoms with Gasteiger partial charge in [-0.15, -0.1) is 0 Å². The fraction of sp³-hybridized carbons (Fsp3) is 0.263. The van der Waals surface area contributed by atoms with Crippen molar-refractivity contribution >= 4 is 46.8 Å².